The van der Waals surface area contributed by atoms with Crippen molar-refractivity contribution in [2.45, 2.75) is 25.0 Å². The number of amides is 1. The van der Waals surface area contributed by atoms with Gasteiger partial charge in [0.2, 0.25) is 5.91 Å². The predicted octanol–water partition coefficient (Wildman–Crippen LogP) is 0.370. The molecule has 0 spiro atoms. The smallest absolute Gasteiger partial charge is 0.220 e. The topological polar surface area (TPSA) is 61.4 Å². The minimum Gasteiger partial charge on any atom is -0.390 e. The molecule has 2 aliphatic rings. The fraction of sp³-hybridized carbons (Fsp3) is 0.500. The molecule has 1 amide bonds. The summed E-state index contributed by atoms with van der Waals surface area (Å²) in [6, 6.07) is 7.69. The van der Waals surface area contributed by atoms with Crippen molar-refractivity contribution in [3.05, 3.63) is 35.4 Å². The summed E-state index contributed by atoms with van der Waals surface area (Å²) in [5.74, 6) is 0.501. The quantitative estimate of drug-likeness (QED) is 0.722. The van der Waals surface area contributed by atoms with Crippen LogP contribution >= 0.6 is 0 Å². The summed E-state index contributed by atoms with van der Waals surface area (Å²) in [6.07, 6.45) is 0.690. The lowest BCUT2D eigenvalue weighted by Crippen LogP contribution is -2.45. The van der Waals surface area contributed by atoms with E-state index in [1.807, 2.05) is 24.3 Å². The van der Waals surface area contributed by atoms with Crippen LogP contribution in [0.2, 0.25) is 0 Å². The Labute approximate surface area is 106 Å². The summed E-state index contributed by atoms with van der Waals surface area (Å²) >= 11 is 0. The first-order valence-corrected chi connectivity index (χ1v) is 6.50. The van der Waals surface area contributed by atoms with Gasteiger partial charge < -0.3 is 15.7 Å². The van der Waals surface area contributed by atoms with E-state index in [9.17, 15) is 9.90 Å². The van der Waals surface area contributed by atoms with Crippen molar-refractivity contribution in [3.63, 3.8) is 0 Å². The molecule has 0 aromatic heterocycles. The number of hydrogen-bond acceptors (Lipinski definition) is 3. The molecule has 4 heteroatoms. The Kier molecular flexibility index (Phi) is 3.06. The van der Waals surface area contributed by atoms with Crippen molar-refractivity contribution < 1.29 is 9.90 Å². The first-order chi connectivity index (χ1) is 8.74. The van der Waals surface area contributed by atoms with Gasteiger partial charge in [0.25, 0.3) is 0 Å². The van der Waals surface area contributed by atoms with Gasteiger partial charge in [0.05, 0.1) is 12.1 Å². The monoisotopic (exact) mass is 246 g/mol. The minimum absolute atomic E-state index is 0.0438. The van der Waals surface area contributed by atoms with Crippen LogP contribution in [0.25, 0.3) is 0 Å². The Morgan fingerprint density at radius 1 is 1.39 bits per heavy atom. The number of rotatable bonds is 3. The molecule has 0 unspecified atom stereocenters. The van der Waals surface area contributed by atoms with Gasteiger partial charge in [-0.3, -0.25) is 4.79 Å². The van der Waals surface area contributed by atoms with Gasteiger partial charge in [0.15, 0.2) is 0 Å². The largest absolute Gasteiger partial charge is 0.390 e. The number of carbonyl (C=O) groups excluding carboxylic acids is 1. The van der Waals surface area contributed by atoms with E-state index in [1.54, 1.807) is 0 Å². The Morgan fingerprint density at radius 2 is 2.17 bits per heavy atom. The lowest BCUT2D eigenvalue weighted by Gasteiger charge is -2.27. The van der Waals surface area contributed by atoms with Gasteiger partial charge in [-0.1, -0.05) is 24.3 Å². The van der Waals surface area contributed by atoms with Crippen molar-refractivity contribution in [2.24, 2.45) is 5.92 Å². The molecule has 1 fully saturated rings. The van der Waals surface area contributed by atoms with E-state index in [2.05, 4.69) is 10.6 Å². The van der Waals surface area contributed by atoms with E-state index in [1.165, 1.54) is 0 Å². The van der Waals surface area contributed by atoms with Gasteiger partial charge in [0.1, 0.15) is 0 Å². The van der Waals surface area contributed by atoms with Gasteiger partial charge in [-0.25, -0.2) is 0 Å². The molecule has 0 saturated carbocycles. The highest BCUT2D eigenvalue weighted by atomic mass is 16.3. The molecule has 1 aromatic carbocycles. The minimum atomic E-state index is -0.495. The van der Waals surface area contributed by atoms with Crippen LogP contribution in [0.4, 0.5) is 0 Å². The average Bonchev–Trinajstić information content (AvgIpc) is 2.61. The van der Waals surface area contributed by atoms with Crippen LogP contribution < -0.4 is 10.6 Å². The number of aliphatic hydroxyl groups is 1. The predicted molar refractivity (Wildman–Crippen MR) is 68.0 cm³/mol. The van der Waals surface area contributed by atoms with Crippen LogP contribution in [0, 0.1) is 5.92 Å². The van der Waals surface area contributed by atoms with Crippen LogP contribution in [0.1, 0.15) is 23.6 Å². The van der Waals surface area contributed by atoms with Crippen LogP contribution in [0.3, 0.4) is 0 Å². The van der Waals surface area contributed by atoms with Crippen molar-refractivity contribution >= 4 is 5.91 Å². The zero-order valence-corrected chi connectivity index (χ0v) is 10.2. The van der Waals surface area contributed by atoms with Gasteiger partial charge >= 0.3 is 0 Å². The van der Waals surface area contributed by atoms with Crippen LogP contribution in [0.5, 0.6) is 0 Å². The molecule has 0 bridgehead atoms. The number of fused-ring (bicyclic) bond motifs is 1. The van der Waals surface area contributed by atoms with Gasteiger partial charge in [-0.05, 0) is 30.1 Å². The SMILES string of the molecule is O=C(CC1CNC1)N[C@H]1c2ccccc2C[C@H]1O. The highest BCUT2D eigenvalue weighted by Crippen LogP contribution is 2.31. The summed E-state index contributed by atoms with van der Waals surface area (Å²) < 4.78 is 0. The zero-order valence-electron chi connectivity index (χ0n) is 10.2. The normalized spacial score (nSPS) is 26.5. The molecule has 96 valence electrons. The van der Waals surface area contributed by atoms with Crippen LogP contribution in [-0.2, 0) is 11.2 Å². The Morgan fingerprint density at radius 3 is 2.89 bits per heavy atom. The van der Waals surface area contributed by atoms with E-state index in [4.69, 9.17) is 0 Å². The molecule has 3 rings (SSSR count). The fourth-order valence-electron chi connectivity index (χ4n) is 2.74. The first-order valence-electron chi connectivity index (χ1n) is 6.50. The molecular formula is C14H18N2O2. The van der Waals surface area contributed by atoms with E-state index in [0.717, 1.165) is 24.2 Å². The Bertz CT molecular complexity index is 457. The third-order valence-electron chi connectivity index (χ3n) is 3.86. The molecule has 1 aliphatic heterocycles. The first kappa shape index (κ1) is 11.7. The Balaban J connectivity index is 1.66. The lowest BCUT2D eigenvalue weighted by molar-refractivity contribution is -0.123. The number of nitrogens with one attached hydrogen (secondary N) is 2. The summed E-state index contributed by atoms with van der Waals surface area (Å²) in [4.78, 5) is 11.9. The van der Waals surface area contributed by atoms with E-state index in [-0.39, 0.29) is 11.9 Å². The van der Waals surface area contributed by atoms with Crippen molar-refractivity contribution in [2.75, 3.05) is 13.1 Å². The molecule has 1 aliphatic carbocycles. The number of carbonyl (C=O) groups is 1. The third kappa shape index (κ3) is 2.13. The third-order valence-corrected chi connectivity index (χ3v) is 3.86. The fourth-order valence-corrected chi connectivity index (χ4v) is 2.74. The van der Waals surface area contributed by atoms with E-state index >= 15 is 0 Å². The Hall–Kier alpha value is -1.39. The lowest BCUT2D eigenvalue weighted by atomic mass is 9.98. The molecule has 3 N–H and O–H groups in total. The second-order valence-corrected chi connectivity index (χ2v) is 5.24. The molecule has 18 heavy (non-hydrogen) atoms. The van der Waals surface area contributed by atoms with Crippen LogP contribution in [0.15, 0.2) is 24.3 Å². The highest BCUT2D eigenvalue weighted by molar-refractivity contribution is 5.77. The maximum Gasteiger partial charge on any atom is 0.220 e. The average molecular weight is 246 g/mol. The molecular weight excluding hydrogens is 228 g/mol. The maximum atomic E-state index is 11.9. The van der Waals surface area contributed by atoms with Gasteiger partial charge in [-0.2, -0.15) is 0 Å². The molecule has 4 nitrogen and oxygen atoms in total. The number of aliphatic hydroxyl groups excluding tert-OH is 1. The number of benzene rings is 1. The second-order valence-electron chi connectivity index (χ2n) is 5.24. The standard InChI is InChI=1S/C14H18N2O2/c17-12-6-10-3-1-2-4-11(10)14(12)16-13(18)5-9-7-15-8-9/h1-4,9,12,14-15,17H,5-8H2,(H,16,18)/t12-,14+/m1/s1. The molecule has 1 aromatic rings. The van der Waals surface area contributed by atoms with Crippen molar-refractivity contribution in [3.8, 4) is 0 Å². The molecule has 2 atom stereocenters. The second kappa shape index (κ2) is 4.71. The summed E-state index contributed by atoms with van der Waals surface area (Å²) in [7, 11) is 0. The molecule has 1 saturated heterocycles. The van der Waals surface area contributed by atoms with Crippen molar-refractivity contribution in [1.82, 2.24) is 10.6 Å². The number of hydrogen-bond donors (Lipinski definition) is 3. The van der Waals surface area contributed by atoms with Gasteiger partial charge in [0, 0.05) is 12.8 Å². The summed E-state index contributed by atoms with van der Waals surface area (Å²) in [5, 5.41) is 16.2. The van der Waals surface area contributed by atoms with E-state index < -0.39 is 6.10 Å². The van der Waals surface area contributed by atoms with Crippen LogP contribution in [-0.4, -0.2) is 30.2 Å². The summed E-state index contributed by atoms with van der Waals surface area (Å²) in [6.45, 7) is 1.86. The maximum absolute atomic E-state index is 11.9. The van der Waals surface area contributed by atoms with Gasteiger partial charge in [-0.15, -0.1) is 0 Å². The summed E-state index contributed by atoms with van der Waals surface area (Å²) in [5.41, 5.74) is 2.20. The van der Waals surface area contributed by atoms with E-state index in [0.29, 0.717) is 18.8 Å². The van der Waals surface area contributed by atoms with Crippen molar-refractivity contribution in [1.29, 1.82) is 0 Å². The molecule has 0 radical (unpaired) electrons. The molecule has 1 heterocycles. The zero-order chi connectivity index (χ0) is 12.5. The highest BCUT2D eigenvalue weighted by Gasteiger charge is 2.32.